The highest BCUT2D eigenvalue weighted by Gasteiger charge is 2.24. The highest BCUT2D eigenvalue weighted by molar-refractivity contribution is 6.03. The highest BCUT2D eigenvalue weighted by atomic mass is 16.5. The van der Waals surface area contributed by atoms with Crippen LogP contribution in [0.1, 0.15) is 27.9 Å². The summed E-state index contributed by atoms with van der Waals surface area (Å²) in [6.07, 6.45) is 3.63. The SMILES string of the molecule is COc1cccc(/C=C/C(=O)NCCC(=O)c2ccc3c(c2)CC(=O)N3C)c1. The third kappa shape index (κ3) is 4.46. The Bertz CT molecular complexity index is 949. The van der Waals surface area contributed by atoms with Crippen molar-refractivity contribution in [3.63, 3.8) is 0 Å². The summed E-state index contributed by atoms with van der Waals surface area (Å²) in [7, 11) is 3.31. The van der Waals surface area contributed by atoms with E-state index in [2.05, 4.69) is 5.32 Å². The highest BCUT2D eigenvalue weighted by Crippen LogP contribution is 2.28. The monoisotopic (exact) mass is 378 g/mol. The Morgan fingerprint density at radius 2 is 2.04 bits per heavy atom. The van der Waals surface area contributed by atoms with Crippen molar-refractivity contribution in [2.24, 2.45) is 0 Å². The predicted octanol–water partition coefficient (Wildman–Crippen LogP) is 2.62. The van der Waals surface area contributed by atoms with E-state index < -0.39 is 0 Å². The van der Waals surface area contributed by atoms with Crippen molar-refractivity contribution >= 4 is 29.4 Å². The average Bonchev–Trinajstić information content (AvgIpc) is 2.99. The molecule has 6 nitrogen and oxygen atoms in total. The van der Waals surface area contributed by atoms with Crippen LogP contribution in [0.25, 0.3) is 6.08 Å². The Labute approximate surface area is 163 Å². The number of nitrogens with one attached hydrogen (secondary N) is 1. The Hall–Kier alpha value is -3.41. The van der Waals surface area contributed by atoms with E-state index in [1.165, 1.54) is 6.08 Å². The molecule has 0 spiro atoms. The lowest BCUT2D eigenvalue weighted by Crippen LogP contribution is -2.24. The Morgan fingerprint density at radius 3 is 2.82 bits per heavy atom. The minimum atomic E-state index is -0.267. The zero-order valence-electron chi connectivity index (χ0n) is 15.9. The van der Waals surface area contributed by atoms with Gasteiger partial charge in [0.25, 0.3) is 0 Å². The molecular formula is C22H22N2O4. The number of rotatable bonds is 7. The van der Waals surface area contributed by atoms with Gasteiger partial charge in [-0.3, -0.25) is 14.4 Å². The first kappa shape index (κ1) is 19.4. The smallest absolute Gasteiger partial charge is 0.244 e. The van der Waals surface area contributed by atoms with E-state index in [1.54, 1.807) is 43.3 Å². The maximum Gasteiger partial charge on any atom is 0.244 e. The van der Waals surface area contributed by atoms with Gasteiger partial charge in [-0.25, -0.2) is 0 Å². The molecule has 2 aromatic rings. The van der Waals surface area contributed by atoms with Crippen molar-refractivity contribution in [2.45, 2.75) is 12.8 Å². The van der Waals surface area contributed by atoms with Crippen LogP contribution in [0.2, 0.25) is 0 Å². The van der Waals surface area contributed by atoms with Crippen LogP contribution in [0, 0.1) is 0 Å². The van der Waals surface area contributed by atoms with Gasteiger partial charge < -0.3 is 15.0 Å². The second-order valence-electron chi connectivity index (χ2n) is 6.55. The number of ketones is 1. The number of anilines is 1. The molecule has 3 rings (SSSR count). The molecule has 6 heteroatoms. The fraction of sp³-hybridized carbons (Fsp3) is 0.227. The maximum atomic E-state index is 12.4. The van der Waals surface area contributed by atoms with Gasteiger partial charge in [0.1, 0.15) is 5.75 Å². The lowest BCUT2D eigenvalue weighted by atomic mass is 10.0. The lowest BCUT2D eigenvalue weighted by Gasteiger charge is -2.10. The van der Waals surface area contributed by atoms with E-state index in [0.717, 1.165) is 22.6 Å². The van der Waals surface area contributed by atoms with Crippen molar-refractivity contribution in [2.75, 3.05) is 25.6 Å². The number of hydrogen-bond acceptors (Lipinski definition) is 4. The van der Waals surface area contributed by atoms with Gasteiger partial charge in [-0.1, -0.05) is 12.1 Å². The maximum absolute atomic E-state index is 12.4. The largest absolute Gasteiger partial charge is 0.497 e. The Balaban J connectivity index is 1.50. The first-order valence-corrected chi connectivity index (χ1v) is 9.00. The van der Waals surface area contributed by atoms with Crippen LogP contribution in [0.5, 0.6) is 5.75 Å². The third-order valence-electron chi connectivity index (χ3n) is 4.65. The Kier molecular flexibility index (Phi) is 5.89. The van der Waals surface area contributed by atoms with Gasteiger partial charge in [0.2, 0.25) is 11.8 Å². The van der Waals surface area contributed by atoms with Crippen LogP contribution in [0.3, 0.4) is 0 Å². The van der Waals surface area contributed by atoms with Crippen LogP contribution in [-0.4, -0.2) is 38.3 Å². The molecule has 144 valence electrons. The summed E-state index contributed by atoms with van der Waals surface area (Å²) >= 11 is 0. The minimum absolute atomic E-state index is 0.0229. The van der Waals surface area contributed by atoms with Crippen molar-refractivity contribution in [3.05, 3.63) is 65.2 Å². The summed E-state index contributed by atoms with van der Waals surface area (Å²) < 4.78 is 5.14. The standard InChI is InChI=1S/C22H22N2O4/c1-24-19-8-7-16(13-17(19)14-22(24)27)20(25)10-11-23-21(26)9-6-15-4-3-5-18(12-15)28-2/h3-9,12-13H,10-11,14H2,1-2H3,(H,23,26)/b9-6+. The molecular weight excluding hydrogens is 356 g/mol. The number of Topliss-reactive ketones (excluding diaryl/α,β-unsaturated/α-hetero) is 1. The molecule has 2 aromatic carbocycles. The number of amides is 2. The minimum Gasteiger partial charge on any atom is -0.497 e. The van der Waals surface area contributed by atoms with Crippen molar-refractivity contribution in [1.29, 1.82) is 0 Å². The number of benzene rings is 2. The first-order valence-electron chi connectivity index (χ1n) is 9.00. The molecule has 2 amide bonds. The van der Waals surface area contributed by atoms with E-state index in [9.17, 15) is 14.4 Å². The summed E-state index contributed by atoms with van der Waals surface area (Å²) in [5.74, 6) is 0.406. The molecule has 0 saturated heterocycles. The molecule has 1 aliphatic heterocycles. The molecule has 0 aromatic heterocycles. The van der Waals surface area contributed by atoms with Gasteiger partial charge in [-0.2, -0.15) is 0 Å². The molecule has 1 N–H and O–H groups in total. The summed E-state index contributed by atoms with van der Waals surface area (Å²) in [5.41, 5.74) is 3.12. The molecule has 0 fully saturated rings. The van der Waals surface area contributed by atoms with E-state index in [4.69, 9.17) is 4.74 Å². The molecule has 0 aliphatic carbocycles. The summed E-state index contributed by atoms with van der Waals surface area (Å²) in [6, 6.07) is 12.6. The number of hydrogen-bond donors (Lipinski definition) is 1. The summed E-state index contributed by atoms with van der Waals surface area (Å²) in [5, 5.41) is 2.71. The topological polar surface area (TPSA) is 75.7 Å². The quantitative estimate of drug-likeness (QED) is 0.594. The lowest BCUT2D eigenvalue weighted by molar-refractivity contribution is -0.117. The van der Waals surface area contributed by atoms with Crippen LogP contribution in [0.4, 0.5) is 5.69 Å². The van der Waals surface area contributed by atoms with Crippen LogP contribution >= 0.6 is 0 Å². The molecule has 0 atom stereocenters. The van der Waals surface area contributed by atoms with Crippen LogP contribution in [0.15, 0.2) is 48.5 Å². The number of carbonyl (C=O) groups excluding carboxylic acids is 3. The van der Waals surface area contributed by atoms with E-state index in [0.29, 0.717) is 12.0 Å². The number of fused-ring (bicyclic) bond motifs is 1. The Morgan fingerprint density at radius 1 is 1.21 bits per heavy atom. The summed E-state index contributed by atoms with van der Waals surface area (Å²) in [6.45, 7) is 0.246. The summed E-state index contributed by atoms with van der Waals surface area (Å²) in [4.78, 5) is 37.6. The molecule has 0 bridgehead atoms. The second-order valence-corrected chi connectivity index (χ2v) is 6.55. The van der Waals surface area contributed by atoms with Gasteiger partial charge in [-0.15, -0.1) is 0 Å². The van der Waals surface area contributed by atoms with Gasteiger partial charge in [0.05, 0.1) is 13.5 Å². The number of likely N-dealkylation sites (N-methyl/N-ethyl adjacent to an activating group) is 1. The van der Waals surface area contributed by atoms with Crippen LogP contribution < -0.4 is 15.0 Å². The van der Waals surface area contributed by atoms with Crippen molar-refractivity contribution in [3.8, 4) is 5.75 Å². The van der Waals surface area contributed by atoms with Gasteiger partial charge >= 0.3 is 0 Å². The number of nitrogens with zero attached hydrogens (tertiary/aromatic N) is 1. The van der Waals surface area contributed by atoms with E-state index in [-0.39, 0.29) is 30.6 Å². The second kappa shape index (κ2) is 8.52. The normalized spacial score (nSPS) is 12.9. The first-order chi connectivity index (χ1) is 13.5. The van der Waals surface area contributed by atoms with E-state index >= 15 is 0 Å². The van der Waals surface area contributed by atoms with Gasteiger partial charge in [-0.05, 0) is 47.5 Å². The molecule has 0 saturated carbocycles. The molecule has 28 heavy (non-hydrogen) atoms. The fourth-order valence-corrected chi connectivity index (χ4v) is 3.06. The van der Waals surface area contributed by atoms with Crippen molar-refractivity contribution in [1.82, 2.24) is 5.32 Å². The van der Waals surface area contributed by atoms with Crippen LogP contribution in [-0.2, 0) is 16.0 Å². The molecule has 1 heterocycles. The molecule has 0 unspecified atom stereocenters. The van der Waals surface area contributed by atoms with E-state index in [1.807, 2.05) is 24.3 Å². The fourth-order valence-electron chi connectivity index (χ4n) is 3.06. The van der Waals surface area contributed by atoms with Crippen molar-refractivity contribution < 1.29 is 19.1 Å². The number of methoxy groups -OCH3 is 1. The zero-order chi connectivity index (χ0) is 20.1. The number of carbonyl (C=O) groups is 3. The van der Waals surface area contributed by atoms with Gasteiger partial charge in [0.15, 0.2) is 5.78 Å². The number of ether oxygens (including phenoxy) is 1. The van der Waals surface area contributed by atoms with Gasteiger partial charge in [0, 0.05) is 37.3 Å². The third-order valence-corrected chi connectivity index (χ3v) is 4.65. The predicted molar refractivity (Wildman–Crippen MR) is 108 cm³/mol. The average molecular weight is 378 g/mol. The molecule has 1 aliphatic rings. The zero-order valence-corrected chi connectivity index (χ0v) is 15.9. The molecule has 0 radical (unpaired) electrons.